The third kappa shape index (κ3) is 2.96. The predicted molar refractivity (Wildman–Crippen MR) is 72.3 cm³/mol. The van der Waals surface area contributed by atoms with Crippen molar-refractivity contribution >= 4 is 5.78 Å². The summed E-state index contributed by atoms with van der Waals surface area (Å²) in [5, 5.41) is 3.40. The Labute approximate surface area is 109 Å². The number of hydrogen-bond donors (Lipinski definition) is 1. The second kappa shape index (κ2) is 5.61. The van der Waals surface area contributed by atoms with E-state index in [1.165, 1.54) is 6.42 Å². The number of aromatic nitrogens is 1. The number of carbonyl (C=O) groups excluding carboxylic acids is 1. The number of piperidine rings is 1. The Balaban J connectivity index is 2.02. The highest BCUT2D eigenvalue weighted by atomic mass is 16.1. The van der Waals surface area contributed by atoms with Crippen LogP contribution in [0.4, 0.5) is 0 Å². The lowest BCUT2D eigenvalue weighted by Gasteiger charge is -2.36. The molecule has 1 fully saturated rings. The second-order valence-electron chi connectivity index (χ2n) is 5.72. The zero-order valence-corrected chi connectivity index (χ0v) is 11.3. The monoisotopic (exact) mass is 246 g/mol. The Hall–Kier alpha value is -1.22. The lowest BCUT2D eigenvalue weighted by Crippen LogP contribution is -2.43. The fraction of sp³-hybridized carbons (Fsp3) is 0.600. The number of ketones is 1. The minimum absolute atomic E-state index is 0.239. The van der Waals surface area contributed by atoms with Crippen molar-refractivity contribution in [2.24, 2.45) is 11.3 Å². The molecule has 0 amide bonds. The van der Waals surface area contributed by atoms with Gasteiger partial charge in [-0.15, -0.1) is 0 Å². The van der Waals surface area contributed by atoms with Gasteiger partial charge >= 0.3 is 0 Å². The van der Waals surface area contributed by atoms with Gasteiger partial charge in [-0.25, -0.2) is 0 Å². The minimum atomic E-state index is -0.239. The summed E-state index contributed by atoms with van der Waals surface area (Å²) in [7, 11) is 0. The van der Waals surface area contributed by atoms with Crippen LogP contribution in [0.15, 0.2) is 24.5 Å². The summed E-state index contributed by atoms with van der Waals surface area (Å²) in [5.41, 5.74) is 0.822. The highest BCUT2D eigenvalue weighted by Gasteiger charge is 2.36. The molecule has 0 aromatic carbocycles. The maximum Gasteiger partial charge on any atom is 0.143 e. The molecular formula is C15H22N2O. The highest BCUT2D eigenvalue weighted by Crippen LogP contribution is 2.33. The first-order valence-electron chi connectivity index (χ1n) is 6.73. The van der Waals surface area contributed by atoms with Gasteiger partial charge in [0.15, 0.2) is 0 Å². The van der Waals surface area contributed by atoms with Crippen molar-refractivity contribution in [1.82, 2.24) is 10.3 Å². The SMILES string of the molecule is CC(C)(C(=O)Cc1ccncc1)C1CCCNC1. The van der Waals surface area contributed by atoms with Crippen LogP contribution in [0.1, 0.15) is 32.3 Å². The zero-order valence-electron chi connectivity index (χ0n) is 11.3. The molecule has 0 spiro atoms. The molecule has 18 heavy (non-hydrogen) atoms. The zero-order chi connectivity index (χ0) is 13.0. The van der Waals surface area contributed by atoms with Gasteiger partial charge in [0.05, 0.1) is 0 Å². The van der Waals surface area contributed by atoms with Crippen LogP contribution < -0.4 is 5.32 Å². The highest BCUT2D eigenvalue weighted by molar-refractivity contribution is 5.86. The lowest BCUT2D eigenvalue weighted by atomic mass is 9.71. The third-order valence-corrected chi connectivity index (χ3v) is 4.15. The number of pyridine rings is 1. The van der Waals surface area contributed by atoms with Gasteiger partial charge in [-0.1, -0.05) is 13.8 Å². The molecule has 0 aliphatic carbocycles. The maximum absolute atomic E-state index is 12.5. The summed E-state index contributed by atoms with van der Waals surface area (Å²) in [4.78, 5) is 16.5. The molecule has 1 aromatic rings. The number of nitrogens with one attached hydrogen (secondary N) is 1. The van der Waals surface area contributed by atoms with Crippen LogP contribution in [0, 0.1) is 11.3 Å². The molecule has 1 unspecified atom stereocenters. The molecule has 0 bridgehead atoms. The van der Waals surface area contributed by atoms with Crippen molar-refractivity contribution in [2.45, 2.75) is 33.1 Å². The van der Waals surface area contributed by atoms with Crippen molar-refractivity contribution < 1.29 is 4.79 Å². The van der Waals surface area contributed by atoms with Crippen molar-refractivity contribution in [3.8, 4) is 0 Å². The molecule has 3 nitrogen and oxygen atoms in total. The Morgan fingerprint density at radius 1 is 1.44 bits per heavy atom. The molecule has 1 atom stereocenters. The molecule has 2 rings (SSSR count). The van der Waals surface area contributed by atoms with Crippen LogP contribution in [0.5, 0.6) is 0 Å². The van der Waals surface area contributed by atoms with Gasteiger partial charge < -0.3 is 5.32 Å². The van der Waals surface area contributed by atoms with Gasteiger partial charge in [-0.05, 0) is 49.5 Å². The first kappa shape index (κ1) is 13.2. The number of hydrogen-bond acceptors (Lipinski definition) is 3. The summed E-state index contributed by atoms with van der Waals surface area (Å²) in [6, 6.07) is 3.85. The van der Waals surface area contributed by atoms with Gasteiger partial charge in [0.1, 0.15) is 5.78 Å². The average Bonchev–Trinajstić information content (AvgIpc) is 2.41. The summed E-state index contributed by atoms with van der Waals surface area (Å²) in [5.74, 6) is 0.794. The molecule has 98 valence electrons. The van der Waals surface area contributed by atoms with Crippen LogP contribution in [0.25, 0.3) is 0 Å². The Morgan fingerprint density at radius 3 is 2.78 bits per heavy atom. The van der Waals surface area contributed by atoms with E-state index in [2.05, 4.69) is 24.1 Å². The largest absolute Gasteiger partial charge is 0.316 e. The first-order chi connectivity index (χ1) is 8.60. The van der Waals surface area contributed by atoms with E-state index in [-0.39, 0.29) is 5.41 Å². The number of rotatable bonds is 4. The van der Waals surface area contributed by atoms with E-state index >= 15 is 0 Å². The van der Waals surface area contributed by atoms with Crippen LogP contribution in [-0.4, -0.2) is 23.9 Å². The molecular weight excluding hydrogens is 224 g/mol. The van der Waals surface area contributed by atoms with Crippen molar-refractivity contribution in [2.75, 3.05) is 13.1 Å². The fourth-order valence-corrected chi connectivity index (χ4v) is 2.61. The maximum atomic E-state index is 12.5. The molecule has 1 aliphatic rings. The normalized spacial score (nSPS) is 20.7. The van der Waals surface area contributed by atoms with Crippen LogP contribution in [0.2, 0.25) is 0 Å². The van der Waals surface area contributed by atoms with E-state index in [0.717, 1.165) is 25.1 Å². The number of Topliss-reactive ketones (excluding diaryl/α,β-unsaturated/α-hetero) is 1. The molecule has 0 radical (unpaired) electrons. The van der Waals surface area contributed by atoms with Crippen molar-refractivity contribution in [1.29, 1.82) is 0 Å². The fourth-order valence-electron chi connectivity index (χ4n) is 2.61. The standard InChI is InChI=1S/C15H22N2O/c1-15(2,13-4-3-7-17-11-13)14(18)10-12-5-8-16-9-6-12/h5-6,8-9,13,17H,3-4,7,10-11H2,1-2H3. The molecule has 0 saturated carbocycles. The number of carbonyl (C=O) groups is 1. The quantitative estimate of drug-likeness (QED) is 0.885. The van der Waals surface area contributed by atoms with E-state index in [1.807, 2.05) is 12.1 Å². The molecule has 1 saturated heterocycles. The smallest absolute Gasteiger partial charge is 0.143 e. The second-order valence-corrected chi connectivity index (χ2v) is 5.72. The molecule has 1 aliphatic heterocycles. The van der Waals surface area contributed by atoms with Gasteiger partial charge in [-0.3, -0.25) is 9.78 Å². The summed E-state index contributed by atoms with van der Waals surface area (Å²) in [6.07, 6.45) is 6.35. The van der Waals surface area contributed by atoms with Gasteiger partial charge in [0.2, 0.25) is 0 Å². The summed E-state index contributed by atoms with van der Waals surface area (Å²) in [6.45, 7) is 6.24. The third-order valence-electron chi connectivity index (χ3n) is 4.15. The van der Waals surface area contributed by atoms with Crippen LogP contribution in [0.3, 0.4) is 0 Å². The topological polar surface area (TPSA) is 42.0 Å². The molecule has 1 N–H and O–H groups in total. The summed E-state index contributed by atoms with van der Waals surface area (Å²) < 4.78 is 0. The van der Waals surface area contributed by atoms with E-state index < -0.39 is 0 Å². The van der Waals surface area contributed by atoms with E-state index in [1.54, 1.807) is 12.4 Å². The lowest BCUT2D eigenvalue weighted by molar-refractivity contribution is -0.129. The predicted octanol–water partition coefficient (Wildman–Crippen LogP) is 2.22. The van der Waals surface area contributed by atoms with Crippen LogP contribution >= 0.6 is 0 Å². The Kier molecular flexibility index (Phi) is 4.12. The molecule has 2 heterocycles. The summed E-state index contributed by atoms with van der Waals surface area (Å²) >= 11 is 0. The van der Waals surface area contributed by atoms with Crippen molar-refractivity contribution in [3.05, 3.63) is 30.1 Å². The first-order valence-corrected chi connectivity index (χ1v) is 6.73. The van der Waals surface area contributed by atoms with Crippen molar-refractivity contribution in [3.63, 3.8) is 0 Å². The van der Waals surface area contributed by atoms with Gasteiger partial charge in [0.25, 0.3) is 0 Å². The van der Waals surface area contributed by atoms with E-state index in [4.69, 9.17) is 0 Å². The molecule has 3 heteroatoms. The van der Waals surface area contributed by atoms with E-state index in [0.29, 0.717) is 18.1 Å². The Morgan fingerprint density at radius 2 is 2.17 bits per heavy atom. The van der Waals surface area contributed by atoms with Gasteiger partial charge in [0, 0.05) is 24.2 Å². The molecule has 1 aromatic heterocycles. The van der Waals surface area contributed by atoms with Gasteiger partial charge in [-0.2, -0.15) is 0 Å². The minimum Gasteiger partial charge on any atom is -0.316 e. The Bertz CT molecular complexity index is 394. The number of nitrogens with zero attached hydrogens (tertiary/aromatic N) is 1. The average molecular weight is 246 g/mol. The van der Waals surface area contributed by atoms with Crippen LogP contribution in [-0.2, 0) is 11.2 Å². The van der Waals surface area contributed by atoms with E-state index in [9.17, 15) is 4.79 Å².